The molecule has 0 saturated heterocycles. The molecule has 0 N–H and O–H groups in total. The maximum absolute atomic E-state index is 2.38. The standard InChI is InChI=1S/C59H41N/c1-5-16-42(17-6-1)44-30-35-51(36-31-44)60(53-39-34-47-40-46(28-29-48(47)41-53)43-18-7-2-8-19-43)52-37-32-45(33-38-52)54-25-15-27-57-58(54)55-24-13-14-26-56(55)59(57,49-20-9-3-10-21-49)50-22-11-4-12-23-50/h1-41H. The summed E-state index contributed by atoms with van der Waals surface area (Å²) in [6.45, 7) is 0. The molecule has 282 valence electrons. The zero-order chi connectivity index (χ0) is 39.9. The second-order valence-electron chi connectivity index (χ2n) is 15.7. The topological polar surface area (TPSA) is 3.24 Å². The van der Waals surface area contributed by atoms with Crippen LogP contribution in [0, 0.1) is 0 Å². The van der Waals surface area contributed by atoms with Gasteiger partial charge in [-0.2, -0.15) is 0 Å². The molecule has 0 atom stereocenters. The number of hydrogen-bond acceptors (Lipinski definition) is 1. The molecule has 0 fully saturated rings. The largest absolute Gasteiger partial charge is 0.310 e. The first kappa shape index (κ1) is 35.4. The molecule has 1 heteroatoms. The molecule has 1 nitrogen and oxygen atoms in total. The van der Waals surface area contributed by atoms with Crippen molar-refractivity contribution in [2.24, 2.45) is 0 Å². The smallest absolute Gasteiger partial charge is 0.0713 e. The van der Waals surface area contributed by atoms with Crippen molar-refractivity contribution in [2.75, 3.05) is 4.90 Å². The van der Waals surface area contributed by atoms with Crippen molar-refractivity contribution in [1.82, 2.24) is 0 Å². The van der Waals surface area contributed by atoms with Crippen molar-refractivity contribution < 1.29 is 0 Å². The van der Waals surface area contributed by atoms with Crippen LogP contribution >= 0.6 is 0 Å². The summed E-state index contributed by atoms with van der Waals surface area (Å²) in [5.74, 6) is 0. The van der Waals surface area contributed by atoms with E-state index < -0.39 is 5.41 Å². The van der Waals surface area contributed by atoms with E-state index in [4.69, 9.17) is 0 Å². The monoisotopic (exact) mass is 763 g/mol. The third kappa shape index (κ3) is 5.94. The average molecular weight is 764 g/mol. The fraction of sp³-hybridized carbons (Fsp3) is 0.0169. The van der Waals surface area contributed by atoms with Gasteiger partial charge in [0.25, 0.3) is 0 Å². The summed E-state index contributed by atoms with van der Waals surface area (Å²) < 4.78 is 0. The van der Waals surface area contributed by atoms with Gasteiger partial charge in [-0.25, -0.2) is 0 Å². The summed E-state index contributed by atoms with van der Waals surface area (Å²) in [6, 6.07) is 90.9. The fourth-order valence-corrected chi connectivity index (χ4v) is 9.59. The third-order valence-corrected chi connectivity index (χ3v) is 12.3. The van der Waals surface area contributed by atoms with Crippen LogP contribution < -0.4 is 4.90 Å². The van der Waals surface area contributed by atoms with Gasteiger partial charge in [0.15, 0.2) is 0 Å². The minimum Gasteiger partial charge on any atom is -0.310 e. The zero-order valence-corrected chi connectivity index (χ0v) is 33.1. The molecule has 0 saturated carbocycles. The fourth-order valence-electron chi connectivity index (χ4n) is 9.59. The van der Waals surface area contributed by atoms with E-state index >= 15 is 0 Å². The molecule has 0 unspecified atom stereocenters. The Labute approximate surface area is 352 Å². The van der Waals surface area contributed by atoms with Gasteiger partial charge in [0.2, 0.25) is 0 Å². The van der Waals surface area contributed by atoms with Crippen LogP contribution in [0.1, 0.15) is 22.3 Å². The lowest BCUT2D eigenvalue weighted by atomic mass is 9.67. The Morgan fingerprint density at radius 2 is 0.700 bits per heavy atom. The Balaban J connectivity index is 1.03. The van der Waals surface area contributed by atoms with E-state index in [1.165, 1.54) is 77.5 Å². The Bertz CT molecular complexity index is 3060. The molecule has 0 aliphatic heterocycles. The second kappa shape index (κ2) is 14.9. The SMILES string of the molecule is c1ccc(-c2ccc(N(c3ccc(-c4cccc5c4-c4ccccc4C5(c4ccccc4)c4ccccc4)cc3)c3ccc4cc(-c5ccccc5)ccc4c3)cc2)cc1. The summed E-state index contributed by atoms with van der Waals surface area (Å²) in [5.41, 5.74) is 17.9. The van der Waals surface area contributed by atoms with Gasteiger partial charge in [0, 0.05) is 17.1 Å². The van der Waals surface area contributed by atoms with Crippen LogP contribution in [0.15, 0.2) is 249 Å². The number of rotatable bonds is 8. The Kier molecular flexibility index (Phi) is 8.79. The number of anilines is 3. The van der Waals surface area contributed by atoms with Gasteiger partial charge in [-0.1, -0.05) is 206 Å². The molecular weight excluding hydrogens is 723 g/mol. The normalized spacial score (nSPS) is 12.5. The van der Waals surface area contributed by atoms with E-state index in [0.29, 0.717) is 0 Å². The summed E-state index contributed by atoms with van der Waals surface area (Å²) in [5, 5.41) is 2.42. The highest BCUT2D eigenvalue weighted by Gasteiger charge is 2.46. The first-order valence-electron chi connectivity index (χ1n) is 20.8. The average Bonchev–Trinajstić information content (AvgIpc) is 3.64. The number of benzene rings is 10. The van der Waals surface area contributed by atoms with Crippen molar-refractivity contribution in [3.05, 3.63) is 271 Å². The van der Waals surface area contributed by atoms with E-state index in [-0.39, 0.29) is 0 Å². The van der Waals surface area contributed by atoms with Gasteiger partial charge < -0.3 is 4.90 Å². The molecule has 0 heterocycles. The van der Waals surface area contributed by atoms with Crippen molar-refractivity contribution >= 4 is 27.8 Å². The predicted octanol–water partition coefficient (Wildman–Crippen LogP) is 15.7. The zero-order valence-electron chi connectivity index (χ0n) is 33.1. The van der Waals surface area contributed by atoms with Crippen LogP contribution in [0.2, 0.25) is 0 Å². The Morgan fingerprint density at radius 1 is 0.267 bits per heavy atom. The third-order valence-electron chi connectivity index (χ3n) is 12.3. The van der Waals surface area contributed by atoms with Crippen molar-refractivity contribution in [3.63, 3.8) is 0 Å². The van der Waals surface area contributed by atoms with Gasteiger partial charge in [0.1, 0.15) is 0 Å². The number of fused-ring (bicyclic) bond motifs is 4. The van der Waals surface area contributed by atoms with Crippen molar-refractivity contribution in [2.45, 2.75) is 5.41 Å². The molecule has 10 aromatic carbocycles. The molecule has 1 aliphatic carbocycles. The maximum Gasteiger partial charge on any atom is 0.0713 e. The Morgan fingerprint density at radius 3 is 1.33 bits per heavy atom. The molecule has 60 heavy (non-hydrogen) atoms. The highest BCUT2D eigenvalue weighted by atomic mass is 15.1. The first-order chi connectivity index (χ1) is 29.8. The van der Waals surface area contributed by atoms with Crippen molar-refractivity contribution in [3.8, 4) is 44.5 Å². The lowest BCUT2D eigenvalue weighted by Crippen LogP contribution is -2.28. The van der Waals surface area contributed by atoms with E-state index in [0.717, 1.165) is 17.1 Å². The summed E-state index contributed by atoms with van der Waals surface area (Å²) >= 11 is 0. The molecule has 10 aromatic rings. The van der Waals surface area contributed by atoms with E-state index in [2.05, 4.69) is 254 Å². The van der Waals surface area contributed by atoms with Crippen LogP contribution in [0.4, 0.5) is 17.1 Å². The lowest BCUT2D eigenvalue weighted by Gasteiger charge is -2.34. The van der Waals surface area contributed by atoms with Crippen LogP contribution in [-0.2, 0) is 5.41 Å². The van der Waals surface area contributed by atoms with Gasteiger partial charge in [0.05, 0.1) is 5.41 Å². The van der Waals surface area contributed by atoms with Crippen LogP contribution in [0.3, 0.4) is 0 Å². The molecular formula is C59H41N. The molecule has 0 radical (unpaired) electrons. The quantitative estimate of drug-likeness (QED) is 0.149. The Hall–Kier alpha value is -7.74. The maximum atomic E-state index is 2.38. The lowest BCUT2D eigenvalue weighted by molar-refractivity contribution is 0.768. The van der Waals surface area contributed by atoms with Gasteiger partial charge in [-0.3, -0.25) is 0 Å². The van der Waals surface area contributed by atoms with Gasteiger partial charge in [-0.05, 0) is 120 Å². The van der Waals surface area contributed by atoms with Crippen LogP contribution in [0.5, 0.6) is 0 Å². The predicted molar refractivity (Wildman–Crippen MR) is 252 cm³/mol. The van der Waals surface area contributed by atoms with Crippen LogP contribution in [-0.4, -0.2) is 0 Å². The highest BCUT2D eigenvalue weighted by molar-refractivity contribution is 5.96. The van der Waals surface area contributed by atoms with E-state index in [1.54, 1.807) is 0 Å². The van der Waals surface area contributed by atoms with E-state index in [1.807, 2.05) is 0 Å². The van der Waals surface area contributed by atoms with Gasteiger partial charge in [-0.15, -0.1) is 0 Å². The molecule has 0 spiro atoms. The summed E-state index contributed by atoms with van der Waals surface area (Å²) in [6.07, 6.45) is 0. The molecule has 1 aliphatic rings. The number of nitrogens with zero attached hydrogens (tertiary/aromatic N) is 1. The number of hydrogen-bond donors (Lipinski definition) is 0. The molecule has 0 aromatic heterocycles. The molecule has 0 bridgehead atoms. The summed E-state index contributed by atoms with van der Waals surface area (Å²) in [7, 11) is 0. The van der Waals surface area contributed by atoms with Gasteiger partial charge >= 0.3 is 0 Å². The molecule has 0 amide bonds. The van der Waals surface area contributed by atoms with Crippen molar-refractivity contribution in [1.29, 1.82) is 0 Å². The first-order valence-corrected chi connectivity index (χ1v) is 20.8. The minimum absolute atomic E-state index is 0.439. The highest BCUT2D eigenvalue weighted by Crippen LogP contribution is 2.58. The minimum atomic E-state index is -0.439. The van der Waals surface area contributed by atoms with Crippen LogP contribution in [0.25, 0.3) is 55.3 Å². The second-order valence-corrected chi connectivity index (χ2v) is 15.7. The molecule has 11 rings (SSSR count). The summed E-state index contributed by atoms with van der Waals surface area (Å²) in [4.78, 5) is 2.38. The van der Waals surface area contributed by atoms with E-state index in [9.17, 15) is 0 Å².